The van der Waals surface area contributed by atoms with E-state index in [0.717, 1.165) is 51.5 Å². The number of benzene rings is 1. The van der Waals surface area contributed by atoms with Crippen LogP contribution in [0.25, 0.3) is 0 Å². The number of piperidine rings is 1. The Morgan fingerprint density at radius 3 is 2.32 bits per heavy atom. The van der Waals surface area contributed by atoms with Gasteiger partial charge in [-0.05, 0) is 74.9 Å². The summed E-state index contributed by atoms with van der Waals surface area (Å²) in [4.78, 5) is 20.7. The third-order valence-electron chi connectivity index (χ3n) is 8.10. The molecular weight excluding hydrogens is 465 g/mol. The Hall–Kier alpha value is -2.40. The summed E-state index contributed by atoms with van der Waals surface area (Å²) in [7, 11) is 4.01. The lowest BCUT2D eigenvalue weighted by molar-refractivity contribution is 0.0262. The number of hydrogen-bond acceptors (Lipinski definition) is 8. The second-order valence-corrected chi connectivity index (χ2v) is 10.9. The predicted octanol–water partition coefficient (Wildman–Crippen LogP) is 0.682. The van der Waals surface area contributed by atoms with Crippen LogP contribution in [0.1, 0.15) is 41.6 Å². The lowest BCUT2D eigenvalue weighted by Gasteiger charge is -2.38. The Morgan fingerprint density at radius 1 is 1.08 bits per heavy atom. The minimum absolute atomic E-state index is 0.0463. The Balaban J connectivity index is 1.27. The minimum Gasteiger partial charge on any atom is -0.384 e. The summed E-state index contributed by atoms with van der Waals surface area (Å²) in [6.07, 6.45) is 5.42. The number of nitrogens with one attached hydrogen (secondary N) is 2. The smallest absolute Gasteiger partial charge is 0.269 e. The van der Waals surface area contributed by atoms with Crippen LogP contribution in [0, 0.1) is 11.3 Å². The predicted molar refractivity (Wildman–Crippen MR) is 150 cm³/mol. The van der Waals surface area contributed by atoms with E-state index in [0.29, 0.717) is 30.1 Å². The van der Waals surface area contributed by atoms with Gasteiger partial charge < -0.3 is 25.7 Å². The van der Waals surface area contributed by atoms with E-state index in [1.807, 2.05) is 12.1 Å². The molecule has 0 atom stereocenters. The van der Waals surface area contributed by atoms with Crippen LogP contribution < -0.4 is 11.2 Å². The molecule has 1 aromatic carbocycles. The van der Waals surface area contributed by atoms with Crippen molar-refractivity contribution in [3.8, 4) is 0 Å². The van der Waals surface area contributed by atoms with Crippen LogP contribution in [-0.4, -0.2) is 112 Å². The second-order valence-electron chi connectivity index (χ2n) is 10.9. The Bertz CT molecular complexity index is 919. The van der Waals surface area contributed by atoms with E-state index in [4.69, 9.17) is 15.9 Å². The number of rotatable bonds is 9. The normalized spacial score (nSPS) is 21.9. The van der Waals surface area contributed by atoms with Gasteiger partial charge in [0.05, 0.1) is 6.04 Å². The molecule has 0 unspecified atom stereocenters. The number of hydrogen-bond donors (Lipinski definition) is 3. The van der Waals surface area contributed by atoms with Crippen LogP contribution in [0.2, 0.25) is 0 Å². The Labute approximate surface area is 222 Å². The van der Waals surface area contributed by atoms with Crippen LogP contribution in [-0.2, 0) is 11.3 Å². The van der Waals surface area contributed by atoms with Crippen molar-refractivity contribution in [3.05, 3.63) is 46.7 Å². The zero-order valence-corrected chi connectivity index (χ0v) is 22.6. The first-order valence-electron chi connectivity index (χ1n) is 13.8. The molecule has 0 bridgehead atoms. The van der Waals surface area contributed by atoms with Gasteiger partial charge in [0, 0.05) is 64.3 Å². The topological polar surface area (TPSA) is 101 Å². The van der Waals surface area contributed by atoms with Crippen LogP contribution in [0.4, 0.5) is 0 Å². The molecular formula is C27H44BN7O2. The SMILES string of the molecule is B/C(C=N)=C(/N)N(NC(=O)c1ccc(CN2CCN(CC3CCN(C)CC3)CC2)cc1)C1CCOCC1. The highest BCUT2D eigenvalue weighted by Gasteiger charge is 2.26. The van der Waals surface area contributed by atoms with Gasteiger partial charge in [0.1, 0.15) is 13.7 Å². The van der Waals surface area contributed by atoms with Gasteiger partial charge in [0.25, 0.3) is 5.91 Å². The molecule has 10 heteroatoms. The Kier molecular flexibility index (Phi) is 10.0. The average Bonchev–Trinajstić information content (AvgIpc) is 2.94. The summed E-state index contributed by atoms with van der Waals surface area (Å²) in [6.45, 7) is 10.4. The van der Waals surface area contributed by atoms with Gasteiger partial charge in [-0.15, -0.1) is 0 Å². The maximum absolute atomic E-state index is 13.1. The van der Waals surface area contributed by atoms with E-state index in [1.165, 1.54) is 44.3 Å². The number of carbonyl (C=O) groups is 1. The van der Waals surface area contributed by atoms with E-state index < -0.39 is 0 Å². The fraction of sp³-hybridized carbons (Fsp3) is 0.630. The molecule has 3 aliphatic rings. The molecule has 3 fully saturated rings. The standard InChI is InChI=1S/C27H44BN7O2/c1-32-10-6-22(7-11-32)20-34-14-12-33(13-15-34)19-21-2-4-23(5-3-21)27(36)31-35(26(30)25(28)18-29)24-8-16-37-17-9-24/h2-5,18,22,24,29H,6-17,19-20,28,30H2,1H3,(H,31,36)/b26-25-,29-18?. The van der Waals surface area contributed by atoms with E-state index in [9.17, 15) is 4.79 Å². The van der Waals surface area contributed by atoms with Crippen molar-refractivity contribution in [2.24, 2.45) is 11.7 Å². The van der Waals surface area contributed by atoms with Crippen LogP contribution in [0.5, 0.6) is 0 Å². The zero-order chi connectivity index (χ0) is 26.2. The molecule has 4 N–H and O–H groups in total. The molecule has 0 aliphatic carbocycles. The first-order chi connectivity index (χ1) is 17.9. The van der Waals surface area contributed by atoms with Crippen molar-refractivity contribution in [2.45, 2.75) is 38.3 Å². The molecule has 3 heterocycles. The number of nitrogens with zero attached hydrogens (tertiary/aromatic N) is 4. The number of carbonyl (C=O) groups excluding carboxylic acids is 1. The molecule has 202 valence electrons. The van der Waals surface area contributed by atoms with Gasteiger partial charge in [-0.25, -0.2) is 0 Å². The van der Waals surface area contributed by atoms with Gasteiger partial charge in [0.2, 0.25) is 0 Å². The third-order valence-corrected chi connectivity index (χ3v) is 8.10. The zero-order valence-electron chi connectivity index (χ0n) is 22.6. The van der Waals surface area contributed by atoms with E-state index in [1.54, 1.807) is 12.9 Å². The van der Waals surface area contributed by atoms with Crippen molar-refractivity contribution in [1.29, 1.82) is 5.41 Å². The lowest BCUT2D eigenvalue weighted by Crippen LogP contribution is -2.52. The van der Waals surface area contributed by atoms with Crippen LogP contribution in [0.15, 0.2) is 35.6 Å². The fourth-order valence-electron chi connectivity index (χ4n) is 5.49. The summed E-state index contributed by atoms with van der Waals surface area (Å²) in [6, 6.07) is 7.95. The monoisotopic (exact) mass is 509 g/mol. The summed E-state index contributed by atoms with van der Waals surface area (Å²) in [5, 5.41) is 9.29. The van der Waals surface area contributed by atoms with Gasteiger partial charge in [-0.3, -0.25) is 20.1 Å². The first kappa shape index (κ1) is 27.6. The lowest BCUT2D eigenvalue weighted by atomic mass is 9.96. The molecule has 0 aromatic heterocycles. The number of ether oxygens (including phenoxy) is 1. The second kappa shape index (κ2) is 13.4. The molecule has 0 radical (unpaired) electrons. The summed E-state index contributed by atoms with van der Waals surface area (Å²) >= 11 is 0. The van der Waals surface area contributed by atoms with Crippen molar-refractivity contribution >= 4 is 20.0 Å². The summed E-state index contributed by atoms with van der Waals surface area (Å²) in [5.74, 6) is 1.06. The molecule has 37 heavy (non-hydrogen) atoms. The number of piperazine rings is 1. The van der Waals surface area contributed by atoms with Gasteiger partial charge in [-0.2, -0.15) is 0 Å². The first-order valence-corrected chi connectivity index (χ1v) is 13.8. The molecule has 0 spiro atoms. The summed E-state index contributed by atoms with van der Waals surface area (Å²) < 4.78 is 5.48. The third kappa shape index (κ3) is 7.80. The fourth-order valence-corrected chi connectivity index (χ4v) is 5.49. The number of allylic oxidation sites excluding steroid dienone is 1. The molecule has 1 aromatic rings. The molecule has 3 aliphatic heterocycles. The van der Waals surface area contributed by atoms with Crippen molar-refractivity contribution in [1.82, 2.24) is 25.1 Å². The Morgan fingerprint density at radius 2 is 1.70 bits per heavy atom. The minimum atomic E-state index is -0.193. The largest absolute Gasteiger partial charge is 0.384 e. The summed E-state index contributed by atoms with van der Waals surface area (Å²) in [5.41, 5.74) is 11.7. The van der Waals surface area contributed by atoms with E-state index in [-0.39, 0.29) is 11.9 Å². The van der Waals surface area contributed by atoms with Gasteiger partial charge in [-0.1, -0.05) is 12.1 Å². The maximum atomic E-state index is 13.1. The number of amides is 1. The van der Waals surface area contributed by atoms with Crippen LogP contribution in [0.3, 0.4) is 0 Å². The number of hydrazine groups is 1. The average molecular weight is 510 g/mol. The van der Waals surface area contributed by atoms with Crippen molar-refractivity contribution in [2.75, 3.05) is 66.1 Å². The molecule has 3 saturated heterocycles. The van der Waals surface area contributed by atoms with E-state index in [2.05, 4.69) is 39.3 Å². The van der Waals surface area contributed by atoms with Crippen LogP contribution >= 0.6 is 0 Å². The quantitative estimate of drug-likeness (QED) is 0.256. The molecule has 4 rings (SSSR count). The van der Waals surface area contributed by atoms with Crippen molar-refractivity contribution < 1.29 is 9.53 Å². The maximum Gasteiger partial charge on any atom is 0.269 e. The number of likely N-dealkylation sites (tertiary alicyclic amines) is 1. The van der Waals surface area contributed by atoms with Gasteiger partial charge in [0.15, 0.2) is 0 Å². The molecule has 0 saturated carbocycles. The molecule has 1 amide bonds. The van der Waals surface area contributed by atoms with Gasteiger partial charge >= 0.3 is 0 Å². The highest BCUT2D eigenvalue weighted by Crippen LogP contribution is 2.19. The van der Waals surface area contributed by atoms with Crippen molar-refractivity contribution in [3.63, 3.8) is 0 Å². The molecule has 9 nitrogen and oxygen atoms in total. The highest BCUT2D eigenvalue weighted by atomic mass is 16.5. The highest BCUT2D eigenvalue weighted by molar-refractivity contribution is 6.32. The van der Waals surface area contributed by atoms with E-state index >= 15 is 0 Å². The number of nitrogens with two attached hydrogens (primary N) is 1.